The number of rotatable bonds is 4. The van der Waals surface area contributed by atoms with Crippen LogP contribution < -0.4 is 0 Å². The van der Waals surface area contributed by atoms with Crippen molar-refractivity contribution in [1.82, 2.24) is 0 Å². The molecule has 0 aromatic heterocycles. The Kier molecular flexibility index (Phi) is 6.04. The molecule has 2 aromatic carbocycles. The van der Waals surface area contributed by atoms with Crippen molar-refractivity contribution >= 4 is 57.1 Å². The predicted molar refractivity (Wildman–Crippen MR) is 106 cm³/mol. The lowest BCUT2D eigenvalue weighted by atomic mass is 10.0. The van der Waals surface area contributed by atoms with Crippen molar-refractivity contribution in [3.05, 3.63) is 54.2 Å². The number of aliphatic imine (C=N–C) groups is 1. The Hall–Kier alpha value is -0.630. The summed E-state index contributed by atoms with van der Waals surface area (Å²) in [6.45, 7) is 4.28. The zero-order valence-electron chi connectivity index (χ0n) is 12.0. The SMILES string of the molecule is CCc1cccc(CC)c1N=Cc1cc(I)cc(I)c1O. The van der Waals surface area contributed by atoms with E-state index in [2.05, 4.69) is 82.2 Å². The molecular weight excluding hydrogens is 488 g/mol. The molecule has 0 aliphatic carbocycles. The molecule has 0 atom stereocenters. The van der Waals surface area contributed by atoms with Crippen LogP contribution in [0.1, 0.15) is 30.5 Å². The van der Waals surface area contributed by atoms with Gasteiger partial charge < -0.3 is 5.11 Å². The molecule has 0 aliphatic rings. The molecule has 21 heavy (non-hydrogen) atoms. The minimum atomic E-state index is 0.298. The monoisotopic (exact) mass is 505 g/mol. The molecule has 0 aliphatic heterocycles. The number of hydrogen-bond acceptors (Lipinski definition) is 2. The van der Waals surface area contributed by atoms with E-state index in [1.807, 2.05) is 12.1 Å². The molecule has 0 spiro atoms. The maximum atomic E-state index is 10.2. The Morgan fingerprint density at radius 3 is 2.29 bits per heavy atom. The number of para-hydroxylation sites is 1. The highest BCUT2D eigenvalue weighted by Gasteiger charge is 2.07. The zero-order chi connectivity index (χ0) is 15.4. The second-order valence-electron chi connectivity index (χ2n) is 4.72. The van der Waals surface area contributed by atoms with E-state index < -0.39 is 0 Å². The molecule has 0 radical (unpaired) electrons. The summed E-state index contributed by atoms with van der Waals surface area (Å²) in [6.07, 6.45) is 3.68. The van der Waals surface area contributed by atoms with Crippen LogP contribution >= 0.6 is 45.2 Å². The molecule has 4 heteroatoms. The van der Waals surface area contributed by atoms with Crippen molar-refractivity contribution in [3.63, 3.8) is 0 Å². The first-order valence-corrected chi connectivity index (χ1v) is 9.05. The van der Waals surface area contributed by atoms with Gasteiger partial charge in [-0.3, -0.25) is 4.99 Å². The summed E-state index contributed by atoms with van der Waals surface area (Å²) in [5.41, 5.74) is 4.28. The Morgan fingerprint density at radius 1 is 1.10 bits per heavy atom. The third-order valence-electron chi connectivity index (χ3n) is 3.36. The third-order valence-corrected chi connectivity index (χ3v) is 4.80. The second kappa shape index (κ2) is 7.58. The van der Waals surface area contributed by atoms with Crippen molar-refractivity contribution in [2.24, 2.45) is 4.99 Å². The number of aryl methyl sites for hydroxylation is 2. The summed E-state index contributed by atoms with van der Waals surface area (Å²) >= 11 is 4.39. The highest BCUT2D eigenvalue weighted by atomic mass is 127. The van der Waals surface area contributed by atoms with E-state index in [4.69, 9.17) is 0 Å². The Balaban J connectivity index is 2.47. The fraction of sp³-hybridized carbons (Fsp3) is 0.235. The van der Waals surface area contributed by atoms with E-state index in [9.17, 15) is 5.11 Å². The fourth-order valence-electron chi connectivity index (χ4n) is 2.20. The largest absolute Gasteiger partial charge is 0.506 e. The van der Waals surface area contributed by atoms with E-state index in [1.54, 1.807) is 6.21 Å². The molecular formula is C17H17I2NO. The third kappa shape index (κ3) is 3.97. The average Bonchev–Trinajstić information content (AvgIpc) is 2.48. The molecule has 0 amide bonds. The van der Waals surface area contributed by atoms with Gasteiger partial charge in [-0.15, -0.1) is 0 Å². The van der Waals surface area contributed by atoms with Gasteiger partial charge in [0.15, 0.2) is 0 Å². The van der Waals surface area contributed by atoms with Crippen LogP contribution in [-0.2, 0) is 12.8 Å². The van der Waals surface area contributed by atoms with Crippen LogP contribution in [0.25, 0.3) is 0 Å². The zero-order valence-corrected chi connectivity index (χ0v) is 16.3. The summed E-state index contributed by atoms with van der Waals surface area (Å²) in [5, 5.41) is 10.2. The molecule has 2 nitrogen and oxygen atoms in total. The first-order chi connectivity index (χ1) is 10.1. The van der Waals surface area contributed by atoms with Crippen LogP contribution in [0.2, 0.25) is 0 Å². The quantitative estimate of drug-likeness (QED) is 0.434. The normalized spacial score (nSPS) is 11.2. The van der Waals surface area contributed by atoms with Crippen molar-refractivity contribution in [2.75, 3.05) is 0 Å². The van der Waals surface area contributed by atoms with E-state index in [1.165, 1.54) is 11.1 Å². The molecule has 0 saturated carbocycles. The van der Waals surface area contributed by atoms with Crippen molar-refractivity contribution in [1.29, 1.82) is 0 Å². The van der Waals surface area contributed by atoms with Gasteiger partial charge in [0.05, 0.1) is 9.26 Å². The lowest BCUT2D eigenvalue weighted by molar-refractivity contribution is 0.470. The van der Waals surface area contributed by atoms with Crippen LogP contribution in [0.15, 0.2) is 35.3 Å². The number of phenols is 1. The second-order valence-corrected chi connectivity index (χ2v) is 7.12. The summed E-state index contributed by atoms with van der Waals surface area (Å²) in [7, 11) is 0. The number of nitrogens with zero attached hydrogens (tertiary/aromatic N) is 1. The van der Waals surface area contributed by atoms with Gasteiger partial charge in [-0.2, -0.15) is 0 Å². The maximum Gasteiger partial charge on any atom is 0.137 e. The number of halogens is 2. The van der Waals surface area contributed by atoms with Crippen molar-refractivity contribution in [2.45, 2.75) is 26.7 Å². The van der Waals surface area contributed by atoms with Crippen LogP contribution in [0, 0.1) is 7.14 Å². The Morgan fingerprint density at radius 2 is 1.71 bits per heavy atom. The minimum Gasteiger partial charge on any atom is -0.506 e. The Labute approximate surface area is 153 Å². The number of phenolic OH excluding ortho intramolecular Hbond substituents is 1. The van der Waals surface area contributed by atoms with E-state index in [0.717, 1.165) is 31.2 Å². The van der Waals surface area contributed by atoms with Gasteiger partial charge >= 0.3 is 0 Å². The number of hydrogen-bond donors (Lipinski definition) is 1. The summed E-state index contributed by atoms with van der Waals surface area (Å²) in [6, 6.07) is 10.2. The van der Waals surface area contributed by atoms with Crippen molar-refractivity contribution in [3.8, 4) is 5.75 Å². The highest BCUT2D eigenvalue weighted by Crippen LogP contribution is 2.29. The molecule has 2 aromatic rings. The van der Waals surface area contributed by atoms with Gasteiger partial charge in [0.1, 0.15) is 5.75 Å². The van der Waals surface area contributed by atoms with Gasteiger partial charge in [-0.25, -0.2) is 0 Å². The molecule has 1 N–H and O–H groups in total. The van der Waals surface area contributed by atoms with Gasteiger partial charge in [0.25, 0.3) is 0 Å². The highest BCUT2D eigenvalue weighted by molar-refractivity contribution is 14.1. The van der Waals surface area contributed by atoms with E-state index in [0.29, 0.717) is 5.75 Å². The number of aromatic hydroxyl groups is 1. The number of benzene rings is 2. The van der Waals surface area contributed by atoms with Gasteiger partial charge in [0, 0.05) is 15.3 Å². The molecule has 0 fully saturated rings. The molecule has 110 valence electrons. The van der Waals surface area contributed by atoms with Crippen LogP contribution in [0.4, 0.5) is 5.69 Å². The van der Waals surface area contributed by atoms with Gasteiger partial charge in [0.2, 0.25) is 0 Å². The standard InChI is InChI=1S/C17H17I2NO/c1-3-11-6-5-7-12(4-2)16(11)20-10-13-8-14(18)9-15(19)17(13)21/h5-10,21H,3-4H2,1-2H3. The van der Waals surface area contributed by atoms with Gasteiger partial charge in [-0.05, 0) is 81.3 Å². The molecule has 0 bridgehead atoms. The van der Waals surface area contributed by atoms with Crippen molar-refractivity contribution < 1.29 is 5.11 Å². The molecule has 0 saturated heterocycles. The summed E-state index contributed by atoms with van der Waals surface area (Å²) in [5.74, 6) is 0.298. The lowest BCUT2D eigenvalue weighted by Gasteiger charge is -2.09. The van der Waals surface area contributed by atoms with Crippen LogP contribution in [0.5, 0.6) is 5.75 Å². The first kappa shape index (κ1) is 16.7. The summed E-state index contributed by atoms with van der Waals surface area (Å²) < 4.78 is 1.94. The van der Waals surface area contributed by atoms with E-state index >= 15 is 0 Å². The van der Waals surface area contributed by atoms with Gasteiger partial charge in [-0.1, -0.05) is 32.0 Å². The molecule has 2 rings (SSSR count). The first-order valence-electron chi connectivity index (χ1n) is 6.89. The predicted octanol–water partition coefficient (Wildman–Crippen LogP) is 5.48. The molecule has 0 heterocycles. The van der Waals surface area contributed by atoms with Crippen LogP contribution in [0.3, 0.4) is 0 Å². The molecule has 0 unspecified atom stereocenters. The van der Waals surface area contributed by atoms with E-state index in [-0.39, 0.29) is 0 Å². The smallest absolute Gasteiger partial charge is 0.137 e. The summed E-state index contributed by atoms with van der Waals surface area (Å²) in [4.78, 5) is 4.67. The Bertz CT molecular complexity index is 658. The topological polar surface area (TPSA) is 32.6 Å². The maximum absolute atomic E-state index is 10.2. The average molecular weight is 505 g/mol. The fourth-order valence-corrected chi connectivity index (χ4v) is 4.09. The minimum absolute atomic E-state index is 0.298. The lowest BCUT2D eigenvalue weighted by Crippen LogP contribution is -1.91. The van der Waals surface area contributed by atoms with Crippen LogP contribution in [-0.4, -0.2) is 11.3 Å².